The Morgan fingerprint density at radius 2 is 1.67 bits per heavy atom. The lowest BCUT2D eigenvalue weighted by Crippen LogP contribution is -2.08. The topological polar surface area (TPSA) is 20.2 Å². The normalized spacial score (nSPS) is 21.6. The molecule has 0 bridgehead atoms. The summed E-state index contributed by atoms with van der Waals surface area (Å²) in [5, 5.41) is 10.2. The minimum Gasteiger partial charge on any atom is -0.384 e. The first-order valence-electron chi connectivity index (χ1n) is 6.51. The van der Waals surface area contributed by atoms with Crippen molar-refractivity contribution >= 4 is 0 Å². The van der Waals surface area contributed by atoms with Crippen molar-refractivity contribution in [3.8, 4) is 0 Å². The molecular weight excluding hydrogens is 234 g/mol. The van der Waals surface area contributed by atoms with Crippen molar-refractivity contribution in [2.45, 2.75) is 44.6 Å². The second-order valence-corrected chi connectivity index (χ2v) is 4.77. The first-order valence-corrected chi connectivity index (χ1v) is 6.51. The number of benzene rings is 1. The summed E-state index contributed by atoms with van der Waals surface area (Å²) >= 11 is 0. The molecule has 0 fully saturated rings. The highest BCUT2D eigenvalue weighted by Gasteiger charge is 2.21. The third-order valence-electron chi connectivity index (χ3n) is 3.45. The molecule has 0 radical (unpaired) electrons. The zero-order valence-electron chi connectivity index (χ0n) is 10.3. The van der Waals surface area contributed by atoms with E-state index in [1.807, 2.05) is 6.08 Å². The van der Waals surface area contributed by atoms with Gasteiger partial charge in [0.2, 0.25) is 0 Å². The smallest absolute Gasteiger partial charge is 0.132 e. The Balaban J connectivity index is 2.26. The van der Waals surface area contributed by atoms with E-state index in [4.69, 9.17) is 0 Å². The SMILES string of the molecule is OC(/C1=C/CCCCCC1)c1c(F)cccc1F. The van der Waals surface area contributed by atoms with Crippen molar-refractivity contribution in [2.75, 3.05) is 0 Å². The fourth-order valence-electron chi connectivity index (χ4n) is 2.42. The van der Waals surface area contributed by atoms with E-state index in [2.05, 4.69) is 0 Å². The Hall–Kier alpha value is -1.22. The van der Waals surface area contributed by atoms with E-state index in [9.17, 15) is 13.9 Å². The van der Waals surface area contributed by atoms with Gasteiger partial charge in [0.25, 0.3) is 0 Å². The Bertz CT molecular complexity index is 420. The van der Waals surface area contributed by atoms with E-state index in [1.165, 1.54) is 24.6 Å². The monoisotopic (exact) mass is 252 g/mol. The molecule has 0 aromatic heterocycles. The van der Waals surface area contributed by atoms with Crippen LogP contribution in [0.2, 0.25) is 0 Å². The lowest BCUT2D eigenvalue weighted by Gasteiger charge is -2.18. The molecule has 18 heavy (non-hydrogen) atoms. The summed E-state index contributed by atoms with van der Waals surface area (Å²) < 4.78 is 27.2. The molecule has 0 saturated heterocycles. The molecule has 1 aliphatic rings. The number of hydrogen-bond acceptors (Lipinski definition) is 1. The lowest BCUT2D eigenvalue weighted by molar-refractivity contribution is 0.198. The molecule has 0 spiro atoms. The van der Waals surface area contributed by atoms with Gasteiger partial charge >= 0.3 is 0 Å². The number of halogens is 2. The minimum absolute atomic E-state index is 0.218. The molecule has 2 rings (SSSR count). The summed E-state index contributed by atoms with van der Waals surface area (Å²) in [7, 11) is 0. The highest BCUT2D eigenvalue weighted by molar-refractivity contribution is 5.29. The van der Waals surface area contributed by atoms with Gasteiger partial charge in [-0.25, -0.2) is 8.78 Å². The van der Waals surface area contributed by atoms with Crippen molar-refractivity contribution in [3.05, 3.63) is 47.0 Å². The molecular formula is C15H18F2O. The highest BCUT2D eigenvalue weighted by Crippen LogP contribution is 2.31. The number of rotatable bonds is 2. The molecule has 98 valence electrons. The molecule has 1 atom stereocenters. The van der Waals surface area contributed by atoms with Crippen molar-refractivity contribution in [1.29, 1.82) is 0 Å². The number of allylic oxidation sites excluding steroid dienone is 1. The molecule has 0 heterocycles. The molecule has 0 saturated carbocycles. The van der Waals surface area contributed by atoms with Crippen LogP contribution in [0.1, 0.15) is 50.2 Å². The van der Waals surface area contributed by atoms with Gasteiger partial charge in [-0.1, -0.05) is 25.0 Å². The van der Waals surface area contributed by atoms with Gasteiger partial charge in [0.15, 0.2) is 0 Å². The summed E-state index contributed by atoms with van der Waals surface area (Å²) in [5.41, 5.74) is 0.531. The second-order valence-electron chi connectivity index (χ2n) is 4.77. The second kappa shape index (κ2) is 6.10. The highest BCUT2D eigenvalue weighted by atomic mass is 19.1. The zero-order valence-corrected chi connectivity index (χ0v) is 10.3. The molecule has 1 aliphatic carbocycles. The largest absolute Gasteiger partial charge is 0.384 e. The van der Waals surface area contributed by atoms with Crippen LogP contribution in [-0.2, 0) is 0 Å². The van der Waals surface area contributed by atoms with Gasteiger partial charge in [-0.3, -0.25) is 0 Å². The Morgan fingerprint density at radius 3 is 2.39 bits per heavy atom. The molecule has 3 heteroatoms. The third kappa shape index (κ3) is 2.96. The van der Waals surface area contributed by atoms with Crippen LogP contribution in [0.3, 0.4) is 0 Å². The summed E-state index contributed by atoms with van der Waals surface area (Å²) in [5.74, 6) is -1.35. The Labute approximate surface area is 106 Å². The van der Waals surface area contributed by atoms with Crippen molar-refractivity contribution in [2.24, 2.45) is 0 Å². The van der Waals surface area contributed by atoms with E-state index in [-0.39, 0.29) is 5.56 Å². The van der Waals surface area contributed by atoms with E-state index >= 15 is 0 Å². The molecule has 1 N–H and O–H groups in total. The zero-order chi connectivity index (χ0) is 13.0. The van der Waals surface area contributed by atoms with Crippen LogP contribution in [0.15, 0.2) is 29.8 Å². The van der Waals surface area contributed by atoms with Crippen LogP contribution >= 0.6 is 0 Å². The lowest BCUT2D eigenvalue weighted by atomic mass is 9.92. The van der Waals surface area contributed by atoms with Crippen LogP contribution in [0, 0.1) is 11.6 Å². The molecule has 0 aliphatic heterocycles. The van der Waals surface area contributed by atoms with Gasteiger partial charge in [0.1, 0.15) is 17.7 Å². The average molecular weight is 252 g/mol. The van der Waals surface area contributed by atoms with Gasteiger partial charge in [0, 0.05) is 0 Å². The maximum Gasteiger partial charge on any atom is 0.132 e. The number of hydrogen-bond donors (Lipinski definition) is 1. The maximum absolute atomic E-state index is 13.6. The molecule has 1 nitrogen and oxygen atoms in total. The maximum atomic E-state index is 13.6. The number of aliphatic hydroxyl groups excluding tert-OH is 1. The van der Waals surface area contributed by atoms with Crippen molar-refractivity contribution in [1.82, 2.24) is 0 Å². The first kappa shape index (κ1) is 13.2. The van der Waals surface area contributed by atoms with E-state index in [1.54, 1.807) is 0 Å². The van der Waals surface area contributed by atoms with Crippen molar-refractivity contribution in [3.63, 3.8) is 0 Å². The fraction of sp³-hybridized carbons (Fsp3) is 0.467. The van der Waals surface area contributed by atoms with E-state index in [0.717, 1.165) is 37.7 Å². The quantitative estimate of drug-likeness (QED) is 0.779. The van der Waals surface area contributed by atoms with Gasteiger partial charge in [0.05, 0.1) is 5.56 Å². The number of aliphatic hydroxyl groups is 1. The predicted octanol–water partition coefficient (Wildman–Crippen LogP) is 4.28. The van der Waals surface area contributed by atoms with Gasteiger partial charge < -0.3 is 5.11 Å². The van der Waals surface area contributed by atoms with Crippen LogP contribution in [0.5, 0.6) is 0 Å². The Morgan fingerprint density at radius 1 is 1.00 bits per heavy atom. The summed E-state index contributed by atoms with van der Waals surface area (Å²) in [6.45, 7) is 0. The van der Waals surface area contributed by atoms with E-state index in [0.29, 0.717) is 0 Å². The van der Waals surface area contributed by atoms with Crippen LogP contribution in [-0.4, -0.2) is 5.11 Å². The fourth-order valence-corrected chi connectivity index (χ4v) is 2.42. The van der Waals surface area contributed by atoms with Crippen LogP contribution < -0.4 is 0 Å². The summed E-state index contributed by atoms with van der Waals surface area (Å²) in [6, 6.07) is 3.68. The summed E-state index contributed by atoms with van der Waals surface area (Å²) in [6.07, 6.45) is 6.74. The predicted molar refractivity (Wildman–Crippen MR) is 67.1 cm³/mol. The Kier molecular flexibility index (Phi) is 4.48. The third-order valence-corrected chi connectivity index (χ3v) is 3.45. The minimum atomic E-state index is -1.15. The first-order chi connectivity index (χ1) is 8.70. The van der Waals surface area contributed by atoms with Crippen LogP contribution in [0.25, 0.3) is 0 Å². The van der Waals surface area contributed by atoms with Crippen molar-refractivity contribution < 1.29 is 13.9 Å². The van der Waals surface area contributed by atoms with Gasteiger partial charge in [-0.2, -0.15) is 0 Å². The molecule has 1 aromatic rings. The van der Waals surface area contributed by atoms with E-state index < -0.39 is 17.7 Å². The standard InChI is InChI=1S/C15H18F2O/c16-12-9-6-10-13(17)14(12)15(18)11-7-4-2-1-3-5-8-11/h6-7,9-10,15,18H,1-5,8H2/b11-7+. The molecule has 1 aromatic carbocycles. The van der Waals surface area contributed by atoms with Gasteiger partial charge in [-0.15, -0.1) is 0 Å². The molecule has 1 unspecified atom stereocenters. The summed E-state index contributed by atoms with van der Waals surface area (Å²) in [4.78, 5) is 0. The van der Waals surface area contributed by atoms with Crippen LogP contribution in [0.4, 0.5) is 8.78 Å². The van der Waals surface area contributed by atoms with Gasteiger partial charge in [-0.05, 0) is 43.4 Å². The average Bonchev–Trinajstić information content (AvgIpc) is 2.27. The molecule has 0 amide bonds.